The second-order valence-electron chi connectivity index (χ2n) is 4.73. The maximum absolute atomic E-state index is 9.52. The van der Waals surface area contributed by atoms with Gasteiger partial charge in [-0.1, -0.05) is 32.0 Å². The van der Waals surface area contributed by atoms with Gasteiger partial charge in [0.15, 0.2) is 0 Å². The number of ether oxygens (including phenoxy) is 1. The van der Waals surface area contributed by atoms with Crippen molar-refractivity contribution in [3.05, 3.63) is 29.8 Å². The van der Waals surface area contributed by atoms with Gasteiger partial charge < -0.3 is 18.7 Å². The molecule has 2 atom stereocenters. The molecule has 1 aliphatic rings. The molecule has 0 spiro atoms. The van der Waals surface area contributed by atoms with Crippen LogP contribution in [0, 0.1) is 5.41 Å². The van der Waals surface area contributed by atoms with Crippen molar-refractivity contribution in [1.29, 1.82) is 0 Å². The van der Waals surface area contributed by atoms with Crippen LogP contribution in [0.3, 0.4) is 0 Å². The van der Waals surface area contributed by atoms with Crippen molar-refractivity contribution >= 4 is 8.60 Å². The Morgan fingerprint density at radius 3 is 2.82 bits per heavy atom. The zero-order valence-electron chi connectivity index (χ0n) is 10.2. The highest BCUT2D eigenvalue weighted by Gasteiger charge is 2.40. The van der Waals surface area contributed by atoms with Crippen LogP contribution in [0.25, 0.3) is 0 Å². The first kappa shape index (κ1) is 12.8. The van der Waals surface area contributed by atoms with Gasteiger partial charge in [-0.05, 0) is 6.07 Å². The summed E-state index contributed by atoms with van der Waals surface area (Å²) in [6.45, 7) is 4.57. The molecule has 0 saturated carbocycles. The minimum Gasteiger partial charge on any atom is -0.496 e. The van der Waals surface area contributed by atoms with Crippen molar-refractivity contribution in [2.24, 2.45) is 5.41 Å². The summed E-state index contributed by atoms with van der Waals surface area (Å²) in [7, 11) is -0.154. The van der Waals surface area contributed by atoms with Gasteiger partial charge in [-0.15, -0.1) is 0 Å². The number of hydrogen-bond donors (Lipinski definition) is 1. The highest BCUT2D eigenvalue weighted by molar-refractivity contribution is 7.40. The van der Waals surface area contributed by atoms with E-state index in [0.29, 0.717) is 6.61 Å². The molecule has 1 aromatic carbocycles. The van der Waals surface area contributed by atoms with E-state index in [-0.39, 0.29) is 11.5 Å². The quantitative estimate of drug-likeness (QED) is 0.826. The van der Waals surface area contributed by atoms with Gasteiger partial charge in [0.1, 0.15) is 11.9 Å². The summed E-state index contributed by atoms with van der Waals surface area (Å²) in [6, 6.07) is 7.70. The Morgan fingerprint density at radius 1 is 1.41 bits per heavy atom. The molecule has 1 saturated heterocycles. The van der Waals surface area contributed by atoms with E-state index in [2.05, 4.69) is 0 Å². The molecule has 94 valence electrons. The minimum atomic E-state index is -1.79. The molecule has 0 aromatic heterocycles. The Hall–Kier alpha value is -0.670. The van der Waals surface area contributed by atoms with Crippen molar-refractivity contribution in [3.63, 3.8) is 0 Å². The van der Waals surface area contributed by atoms with E-state index in [1.54, 1.807) is 7.11 Å². The molecule has 5 heteroatoms. The Bertz CT molecular complexity index is 394. The first-order valence-electron chi connectivity index (χ1n) is 5.46. The lowest BCUT2D eigenvalue weighted by atomic mass is 9.83. The molecule has 0 bridgehead atoms. The Kier molecular flexibility index (Phi) is 3.69. The molecule has 1 aliphatic heterocycles. The average molecular weight is 256 g/mol. The zero-order chi connectivity index (χ0) is 12.5. The summed E-state index contributed by atoms with van der Waals surface area (Å²) in [5.74, 6) is 0.774. The molecule has 1 unspecified atom stereocenters. The highest BCUT2D eigenvalue weighted by atomic mass is 31.2. The molecule has 0 amide bonds. The van der Waals surface area contributed by atoms with Gasteiger partial charge in [0, 0.05) is 11.0 Å². The van der Waals surface area contributed by atoms with Crippen LogP contribution in [0.5, 0.6) is 5.75 Å². The highest BCUT2D eigenvalue weighted by Crippen LogP contribution is 2.54. The molecular weight excluding hydrogens is 239 g/mol. The number of benzene rings is 1. The third kappa shape index (κ3) is 2.61. The molecule has 4 nitrogen and oxygen atoms in total. The van der Waals surface area contributed by atoms with Gasteiger partial charge in [0.2, 0.25) is 0 Å². The molecule has 0 radical (unpaired) electrons. The van der Waals surface area contributed by atoms with Gasteiger partial charge in [0.05, 0.1) is 13.7 Å². The molecule has 1 N–H and O–H groups in total. The van der Waals surface area contributed by atoms with Crippen LogP contribution in [0.1, 0.15) is 25.5 Å². The van der Waals surface area contributed by atoms with Crippen molar-refractivity contribution < 1.29 is 18.7 Å². The number of para-hydroxylation sites is 1. The molecule has 17 heavy (non-hydrogen) atoms. The SMILES string of the molecule is COc1ccccc1[C@@H]1OP(O)OCC1(C)C. The fourth-order valence-corrected chi connectivity index (χ4v) is 3.00. The summed E-state index contributed by atoms with van der Waals surface area (Å²) < 4.78 is 16.1. The Balaban J connectivity index is 2.36. The van der Waals surface area contributed by atoms with Crippen LogP contribution in [-0.2, 0) is 9.05 Å². The Labute approximate surface area is 103 Å². The summed E-state index contributed by atoms with van der Waals surface area (Å²) in [4.78, 5) is 9.52. The number of hydrogen-bond acceptors (Lipinski definition) is 4. The van der Waals surface area contributed by atoms with Gasteiger partial charge in [-0.2, -0.15) is 0 Å². The maximum atomic E-state index is 9.52. The molecular formula is C12H17O4P. The van der Waals surface area contributed by atoms with E-state index in [1.165, 1.54) is 0 Å². The Morgan fingerprint density at radius 2 is 2.12 bits per heavy atom. The van der Waals surface area contributed by atoms with Gasteiger partial charge in [-0.25, -0.2) is 0 Å². The topological polar surface area (TPSA) is 47.9 Å². The van der Waals surface area contributed by atoms with Crippen LogP contribution in [0.2, 0.25) is 0 Å². The molecule has 0 aliphatic carbocycles. The summed E-state index contributed by atoms with van der Waals surface area (Å²) >= 11 is 0. The van der Waals surface area contributed by atoms with E-state index in [9.17, 15) is 4.89 Å². The smallest absolute Gasteiger partial charge is 0.330 e. The van der Waals surface area contributed by atoms with E-state index in [1.807, 2.05) is 38.1 Å². The second kappa shape index (κ2) is 4.91. The van der Waals surface area contributed by atoms with E-state index >= 15 is 0 Å². The predicted molar refractivity (Wildman–Crippen MR) is 65.7 cm³/mol. The lowest BCUT2D eigenvalue weighted by molar-refractivity contribution is -0.0287. The maximum Gasteiger partial charge on any atom is 0.330 e. The fourth-order valence-electron chi connectivity index (χ4n) is 1.92. The monoisotopic (exact) mass is 256 g/mol. The van der Waals surface area contributed by atoms with Crippen LogP contribution in [-0.4, -0.2) is 18.6 Å². The van der Waals surface area contributed by atoms with Crippen molar-refractivity contribution in [2.45, 2.75) is 20.0 Å². The third-order valence-electron chi connectivity index (χ3n) is 2.87. The first-order valence-corrected chi connectivity index (χ1v) is 6.59. The van der Waals surface area contributed by atoms with Gasteiger partial charge in [-0.3, -0.25) is 0 Å². The van der Waals surface area contributed by atoms with Crippen molar-refractivity contribution in [2.75, 3.05) is 13.7 Å². The van der Waals surface area contributed by atoms with E-state index in [0.717, 1.165) is 11.3 Å². The van der Waals surface area contributed by atoms with Crippen molar-refractivity contribution in [3.8, 4) is 5.75 Å². The van der Waals surface area contributed by atoms with Crippen LogP contribution >= 0.6 is 8.60 Å². The van der Waals surface area contributed by atoms with Crippen LogP contribution < -0.4 is 4.74 Å². The standard InChI is InChI=1S/C12H17O4P/c1-12(2)8-15-17(13)16-11(12)9-6-4-5-7-10(9)14-3/h4-7,11,13H,8H2,1-3H3/t11-,17?/m0/s1. The number of methoxy groups -OCH3 is 1. The predicted octanol–water partition coefficient (Wildman–Crippen LogP) is 3.03. The van der Waals surface area contributed by atoms with Gasteiger partial charge in [0.25, 0.3) is 0 Å². The third-order valence-corrected chi connectivity index (χ3v) is 3.61. The molecule has 1 fully saturated rings. The minimum absolute atomic E-state index is 0.198. The fraction of sp³-hybridized carbons (Fsp3) is 0.500. The first-order chi connectivity index (χ1) is 8.04. The second-order valence-corrected chi connectivity index (χ2v) is 5.67. The molecule has 1 heterocycles. The summed E-state index contributed by atoms with van der Waals surface area (Å²) in [5, 5.41) is 0. The van der Waals surface area contributed by atoms with E-state index < -0.39 is 8.60 Å². The van der Waals surface area contributed by atoms with Crippen LogP contribution in [0.15, 0.2) is 24.3 Å². The van der Waals surface area contributed by atoms with Crippen LogP contribution in [0.4, 0.5) is 0 Å². The number of rotatable bonds is 2. The lowest BCUT2D eigenvalue weighted by Crippen LogP contribution is -2.32. The van der Waals surface area contributed by atoms with Crippen molar-refractivity contribution in [1.82, 2.24) is 0 Å². The lowest BCUT2D eigenvalue weighted by Gasteiger charge is -2.39. The largest absolute Gasteiger partial charge is 0.496 e. The van der Waals surface area contributed by atoms with Gasteiger partial charge >= 0.3 is 8.60 Å². The normalized spacial score (nSPS) is 27.8. The average Bonchev–Trinajstić information content (AvgIpc) is 2.32. The molecule has 1 aromatic rings. The molecule has 2 rings (SSSR count). The van der Waals surface area contributed by atoms with E-state index in [4.69, 9.17) is 13.8 Å². The summed E-state index contributed by atoms with van der Waals surface area (Å²) in [6.07, 6.45) is -0.219. The zero-order valence-corrected chi connectivity index (χ0v) is 11.1. The summed E-state index contributed by atoms with van der Waals surface area (Å²) in [5.41, 5.74) is 0.751.